The highest BCUT2D eigenvalue weighted by molar-refractivity contribution is 9.09. The molecule has 0 heterocycles. The molecule has 0 spiro atoms. The molecule has 1 aromatic carbocycles. The Morgan fingerprint density at radius 2 is 2.31 bits per heavy atom. The molecule has 0 saturated carbocycles. The molecule has 3 nitrogen and oxygen atoms in total. The third-order valence-electron chi connectivity index (χ3n) is 2.17. The summed E-state index contributed by atoms with van der Waals surface area (Å²) in [6, 6.07) is 4.34. The van der Waals surface area contributed by atoms with Crippen LogP contribution in [0.2, 0.25) is 0 Å². The lowest BCUT2D eigenvalue weighted by atomic mass is 10.1. The molecule has 1 atom stereocenters. The average molecular weight is 290 g/mol. The van der Waals surface area contributed by atoms with Crippen LogP contribution in [-0.4, -0.2) is 18.3 Å². The van der Waals surface area contributed by atoms with Crippen molar-refractivity contribution in [2.45, 2.75) is 13.0 Å². The van der Waals surface area contributed by atoms with Crippen molar-refractivity contribution in [3.05, 3.63) is 29.6 Å². The summed E-state index contributed by atoms with van der Waals surface area (Å²) >= 11 is 3.06. The van der Waals surface area contributed by atoms with Crippen molar-refractivity contribution in [1.82, 2.24) is 5.32 Å². The molecule has 1 rings (SSSR count). The lowest BCUT2D eigenvalue weighted by molar-refractivity contribution is -0.119. The van der Waals surface area contributed by atoms with Crippen molar-refractivity contribution >= 4 is 21.8 Å². The lowest BCUT2D eigenvalue weighted by Gasteiger charge is -2.14. The van der Waals surface area contributed by atoms with Gasteiger partial charge in [0.15, 0.2) is 11.6 Å². The van der Waals surface area contributed by atoms with Crippen LogP contribution in [0.5, 0.6) is 5.75 Å². The van der Waals surface area contributed by atoms with Crippen molar-refractivity contribution < 1.29 is 13.9 Å². The molecular weight excluding hydrogens is 277 g/mol. The van der Waals surface area contributed by atoms with Gasteiger partial charge in [0.2, 0.25) is 5.91 Å². The molecule has 1 amide bonds. The topological polar surface area (TPSA) is 38.3 Å². The highest BCUT2D eigenvalue weighted by Crippen LogP contribution is 2.22. The minimum atomic E-state index is -0.412. The van der Waals surface area contributed by atoms with Crippen molar-refractivity contribution in [2.75, 3.05) is 12.4 Å². The van der Waals surface area contributed by atoms with Gasteiger partial charge < -0.3 is 10.1 Å². The van der Waals surface area contributed by atoms with Gasteiger partial charge in [0.1, 0.15) is 0 Å². The Kier molecular flexibility index (Phi) is 4.73. The quantitative estimate of drug-likeness (QED) is 0.865. The maximum Gasteiger partial charge on any atom is 0.231 e. The van der Waals surface area contributed by atoms with Gasteiger partial charge in [0.25, 0.3) is 0 Å². The number of carbonyl (C=O) groups excluding carboxylic acids is 1. The van der Waals surface area contributed by atoms with Gasteiger partial charge in [-0.25, -0.2) is 4.39 Å². The summed E-state index contributed by atoms with van der Waals surface area (Å²) in [5.74, 6) is -0.349. The van der Waals surface area contributed by atoms with Crippen molar-refractivity contribution in [3.63, 3.8) is 0 Å². The molecule has 0 aliphatic rings. The number of ether oxygens (including phenoxy) is 1. The van der Waals surface area contributed by atoms with E-state index in [1.165, 1.54) is 13.2 Å². The second-order valence-corrected chi connectivity index (χ2v) is 3.88. The minimum Gasteiger partial charge on any atom is -0.494 e. The van der Waals surface area contributed by atoms with Crippen LogP contribution >= 0.6 is 15.9 Å². The number of benzene rings is 1. The van der Waals surface area contributed by atoms with Gasteiger partial charge in [-0.15, -0.1) is 0 Å². The summed E-state index contributed by atoms with van der Waals surface area (Å²) in [6.45, 7) is 1.83. The number of alkyl halides is 1. The summed E-state index contributed by atoms with van der Waals surface area (Å²) in [7, 11) is 1.41. The Bertz CT molecular complexity index is 384. The Morgan fingerprint density at radius 1 is 1.62 bits per heavy atom. The Labute approximate surface area is 102 Å². The lowest BCUT2D eigenvalue weighted by Crippen LogP contribution is -2.27. The van der Waals surface area contributed by atoms with Gasteiger partial charge in [0, 0.05) is 0 Å². The van der Waals surface area contributed by atoms with E-state index >= 15 is 0 Å². The van der Waals surface area contributed by atoms with Gasteiger partial charge >= 0.3 is 0 Å². The largest absolute Gasteiger partial charge is 0.494 e. The normalized spacial score (nSPS) is 12.0. The number of halogens is 2. The van der Waals surface area contributed by atoms with E-state index in [1.807, 2.05) is 6.92 Å². The zero-order chi connectivity index (χ0) is 12.1. The van der Waals surface area contributed by atoms with Crippen LogP contribution in [0, 0.1) is 5.82 Å². The average Bonchev–Trinajstić information content (AvgIpc) is 2.29. The number of nitrogens with one attached hydrogen (secondary N) is 1. The number of methoxy groups -OCH3 is 1. The first kappa shape index (κ1) is 13.0. The molecule has 1 aromatic rings. The molecule has 5 heteroatoms. The zero-order valence-electron chi connectivity index (χ0n) is 9.09. The van der Waals surface area contributed by atoms with E-state index in [0.717, 1.165) is 5.56 Å². The molecule has 0 aliphatic heterocycles. The standard InChI is InChI=1S/C11H13BrFNO2/c1-7(14-11(15)6-12)8-3-4-9(13)10(5-8)16-2/h3-5,7H,6H2,1-2H3,(H,14,15)/t7-/m0/s1. The van der Waals surface area contributed by atoms with Crippen molar-refractivity contribution in [3.8, 4) is 5.75 Å². The van der Waals surface area contributed by atoms with Crippen molar-refractivity contribution in [2.24, 2.45) is 0 Å². The van der Waals surface area contributed by atoms with Crippen LogP contribution in [0.15, 0.2) is 18.2 Å². The van der Waals surface area contributed by atoms with Crippen LogP contribution in [0.3, 0.4) is 0 Å². The monoisotopic (exact) mass is 289 g/mol. The molecule has 0 unspecified atom stereocenters. The number of rotatable bonds is 4. The van der Waals surface area contributed by atoms with E-state index in [1.54, 1.807) is 12.1 Å². The second kappa shape index (κ2) is 5.84. The first-order valence-corrected chi connectivity index (χ1v) is 5.89. The fourth-order valence-corrected chi connectivity index (χ4v) is 1.47. The van der Waals surface area contributed by atoms with Gasteiger partial charge in [-0.3, -0.25) is 4.79 Å². The van der Waals surface area contributed by atoms with Gasteiger partial charge in [-0.05, 0) is 24.6 Å². The van der Waals surface area contributed by atoms with Crippen LogP contribution in [0.1, 0.15) is 18.5 Å². The molecule has 0 radical (unpaired) electrons. The predicted molar refractivity (Wildman–Crippen MR) is 63.3 cm³/mol. The zero-order valence-corrected chi connectivity index (χ0v) is 10.7. The highest BCUT2D eigenvalue weighted by atomic mass is 79.9. The molecule has 16 heavy (non-hydrogen) atoms. The number of hydrogen-bond acceptors (Lipinski definition) is 2. The maximum absolute atomic E-state index is 13.1. The smallest absolute Gasteiger partial charge is 0.231 e. The SMILES string of the molecule is COc1cc([C@H](C)NC(=O)CBr)ccc1F. The summed E-state index contributed by atoms with van der Waals surface area (Å²) < 4.78 is 18.0. The molecule has 0 aromatic heterocycles. The molecule has 0 bridgehead atoms. The molecule has 88 valence electrons. The fraction of sp³-hybridized carbons (Fsp3) is 0.364. The predicted octanol–water partition coefficient (Wildman–Crippen LogP) is 2.41. The van der Waals surface area contributed by atoms with Gasteiger partial charge in [0.05, 0.1) is 18.5 Å². The van der Waals surface area contributed by atoms with Gasteiger partial charge in [-0.1, -0.05) is 22.0 Å². The molecule has 0 aliphatic carbocycles. The second-order valence-electron chi connectivity index (χ2n) is 3.32. The maximum atomic E-state index is 13.1. The fourth-order valence-electron chi connectivity index (χ4n) is 1.31. The van der Waals surface area contributed by atoms with Crippen LogP contribution < -0.4 is 10.1 Å². The van der Waals surface area contributed by atoms with E-state index in [0.29, 0.717) is 0 Å². The summed E-state index contributed by atoms with van der Waals surface area (Å²) in [4.78, 5) is 11.2. The Balaban J connectivity index is 2.83. The summed E-state index contributed by atoms with van der Waals surface area (Å²) in [6.07, 6.45) is 0. The van der Waals surface area contributed by atoms with Crippen LogP contribution in [-0.2, 0) is 4.79 Å². The molecule has 0 saturated heterocycles. The molecular formula is C11H13BrFNO2. The van der Waals surface area contributed by atoms with E-state index in [4.69, 9.17) is 4.74 Å². The van der Waals surface area contributed by atoms with Crippen molar-refractivity contribution in [1.29, 1.82) is 0 Å². The third-order valence-corrected chi connectivity index (χ3v) is 2.68. The highest BCUT2D eigenvalue weighted by Gasteiger charge is 2.11. The number of carbonyl (C=O) groups is 1. The molecule has 1 N–H and O–H groups in total. The summed E-state index contributed by atoms with van der Waals surface area (Å²) in [5.41, 5.74) is 0.799. The van der Waals surface area contributed by atoms with Crippen LogP contribution in [0.4, 0.5) is 4.39 Å². The Hall–Kier alpha value is -1.10. The first-order chi connectivity index (χ1) is 7.58. The number of amides is 1. The van der Waals surface area contributed by atoms with Crippen LogP contribution in [0.25, 0.3) is 0 Å². The Morgan fingerprint density at radius 3 is 2.88 bits per heavy atom. The van der Waals surface area contributed by atoms with E-state index in [-0.39, 0.29) is 23.0 Å². The number of hydrogen-bond donors (Lipinski definition) is 1. The minimum absolute atomic E-state index is 0.115. The summed E-state index contributed by atoms with van der Waals surface area (Å²) in [5, 5.41) is 3.00. The van der Waals surface area contributed by atoms with Gasteiger partial charge in [-0.2, -0.15) is 0 Å². The first-order valence-electron chi connectivity index (χ1n) is 4.77. The van der Waals surface area contributed by atoms with E-state index in [2.05, 4.69) is 21.2 Å². The van der Waals surface area contributed by atoms with E-state index < -0.39 is 5.82 Å². The van der Waals surface area contributed by atoms with E-state index in [9.17, 15) is 9.18 Å². The third kappa shape index (κ3) is 3.20. The molecule has 0 fully saturated rings.